The van der Waals surface area contributed by atoms with E-state index in [2.05, 4.69) is 41.9 Å². The molecular weight excluding hydrogens is 416 g/mol. The molecule has 0 aliphatic rings. The molecule has 0 amide bonds. The van der Waals surface area contributed by atoms with E-state index in [1.807, 2.05) is 54.6 Å². The molecule has 0 atom stereocenters. The molecule has 5 aromatic rings. The van der Waals surface area contributed by atoms with E-state index in [9.17, 15) is 0 Å². The summed E-state index contributed by atoms with van der Waals surface area (Å²) in [7, 11) is 0. The van der Waals surface area contributed by atoms with Crippen LogP contribution in [0.4, 0.5) is 17.7 Å². The predicted octanol–water partition coefficient (Wildman–Crippen LogP) is 4.77. The van der Waals surface area contributed by atoms with Gasteiger partial charge in [-0.3, -0.25) is 5.10 Å². The second-order valence-corrected chi connectivity index (χ2v) is 7.09. The highest BCUT2D eigenvalue weighted by atomic mass is 16.5. The van der Waals surface area contributed by atoms with E-state index < -0.39 is 0 Å². The average molecular weight is 434 g/mol. The van der Waals surface area contributed by atoms with Crippen LogP contribution in [0, 0.1) is 11.3 Å². The number of aromatic amines is 1. The third kappa shape index (κ3) is 4.70. The molecule has 33 heavy (non-hydrogen) atoms. The largest absolute Gasteiger partial charge is 0.424 e. The van der Waals surface area contributed by atoms with Crippen LogP contribution in [0.1, 0.15) is 11.1 Å². The monoisotopic (exact) mass is 434 g/mol. The average Bonchev–Trinajstić information content (AvgIpc) is 3.26. The number of hydrogen-bond acceptors (Lipinski definition) is 8. The lowest BCUT2D eigenvalue weighted by Gasteiger charge is -2.10. The molecule has 5 rings (SSSR count). The van der Waals surface area contributed by atoms with Crippen molar-refractivity contribution in [2.75, 3.05) is 10.6 Å². The van der Waals surface area contributed by atoms with Crippen molar-refractivity contribution in [2.24, 2.45) is 0 Å². The molecule has 0 spiro atoms. The number of anilines is 3. The predicted molar refractivity (Wildman–Crippen MR) is 124 cm³/mol. The molecule has 0 saturated carbocycles. The zero-order valence-corrected chi connectivity index (χ0v) is 17.4. The first-order valence-corrected chi connectivity index (χ1v) is 10.2. The van der Waals surface area contributed by atoms with Crippen molar-refractivity contribution in [3.8, 4) is 17.8 Å². The Labute approximate surface area is 189 Å². The summed E-state index contributed by atoms with van der Waals surface area (Å²) >= 11 is 0. The highest BCUT2D eigenvalue weighted by Gasteiger charge is 2.12. The summed E-state index contributed by atoms with van der Waals surface area (Å²) in [5.74, 6) is 1.72. The van der Waals surface area contributed by atoms with E-state index in [4.69, 9.17) is 10.00 Å². The van der Waals surface area contributed by atoms with Crippen LogP contribution in [0.2, 0.25) is 0 Å². The molecule has 0 aliphatic heterocycles. The number of ether oxygens (including phenoxy) is 1. The number of nitriles is 1. The van der Waals surface area contributed by atoms with Crippen molar-refractivity contribution < 1.29 is 4.74 Å². The maximum atomic E-state index is 8.99. The van der Waals surface area contributed by atoms with Crippen molar-refractivity contribution in [1.82, 2.24) is 25.1 Å². The zero-order valence-electron chi connectivity index (χ0n) is 17.4. The molecule has 160 valence electrons. The van der Waals surface area contributed by atoms with Crippen LogP contribution in [-0.2, 0) is 6.54 Å². The van der Waals surface area contributed by atoms with E-state index in [1.54, 1.807) is 24.3 Å². The molecule has 0 fully saturated rings. The van der Waals surface area contributed by atoms with Crippen molar-refractivity contribution in [3.63, 3.8) is 0 Å². The molecular formula is C24H18N8O. The first-order valence-electron chi connectivity index (χ1n) is 10.2. The fourth-order valence-electron chi connectivity index (χ4n) is 3.18. The molecule has 0 unspecified atom stereocenters. The molecule has 9 heteroatoms. The minimum Gasteiger partial charge on any atom is -0.424 e. The van der Waals surface area contributed by atoms with Crippen LogP contribution in [0.3, 0.4) is 0 Å². The minimum atomic E-state index is 0.104. The quantitative estimate of drug-likeness (QED) is 0.335. The molecule has 3 aromatic carbocycles. The molecule has 2 aromatic heterocycles. The molecule has 9 nitrogen and oxygen atoms in total. The third-order valence-corrected chi connectivity index (χ3v) is 4.80. The Morgan fingerprint density at radius 1 is 0.848 bits per heavy atom. The Morgan fingerprint density at radius 2 is 1.61 bits per heavy atom. The Bertz CT molecular complexity index is 1420. The summed E-state index contributed by atoms with van der Waals surface area (Å²) in [6.45, 7) is 0.534. The first-order chi connectivity index (χ1) is 16.3. The number of hydrogen-bond donors (Lipinski definition) is 3. The smallest absolute Gasteiger partial charge is 0.328 e. The van der Waals surface area contributed by atoms with Gasteiger partial charge in [-0.2, -0.15) is 25.3 Å². The van der Waals surface area contributed by atoms with Gasteiger partial charge in [0.15, 0.2) is 5.82 Å². The highest BCUT2D eigenvalue weighted by molar-refractivity contribution is 5.90. The summed E-state index contributed by atoms with van der Waals surface area (Å²) in [6, 6.07) is 26.6. The van der Waals surface area contributed by atoms with E-state index >= 15 is 0 Å². The first kappa shape index (κ1) is 20.0. The summed E-state index contributed by atoms with van der Waals surface area (Å²) in [4.78, 5) is 13.3. The lowest BCUT2D eigenvalue weighted by molar-refractivity contribution is 0.441. The van der Waals surface area contributed by atoms with Crippen LogP contribution in [0.15, 0.2) is 78.9 Å². The lowest BCUT2D eigenvalue weighted by Crippen LogP contribution is -2.08. The van der Waals surface area contributed by atoms with Crippen molar-refractivity contribution in [1.29, 1.82) is 5.26 Å². The number of rotatable bonds is 7. The normalized spacial score (nSPS) is 10.5. The van der Waals surface area contributed by atoms with Crippen molar-refractivity contribution >= 4 is 28.6 Å². The Hall–Kier alpha value is -4.97. The van der Waals surface area contributed by atoms with E-state index in [-0.39, 0.29) is 12.0 Å². The van der Waals surface area contributed by atoms with Gasteiger partial charge in [-0.1, -0.05) is 42.5 Å². The minimum absolute atomic E-state index is 0.104. The number of nitrogens with zero attached hydrogens (tertiary/aromatic N) is 5. The molecule has 0 radical (unpaired) electrons. The van der Waals surface area contributed by atoms with Crippen LogP contribution in [0.5, 0.6) is 11.8 Å². The van der Waals surface area contributed by atoms with Crippen LogP contribution in [0.25, 0.3) is 10.9 Å². The van der Waals surface area contributed by atoms with Gasteiger partial charge < -0.3 is 15.4 Å². The van der Waals surface area contributed by atoms with Crippen LogP contribution in [-0.4, -0.2) is 25.1 Å². The van der Waals surface area contributed by atoms with Gasteiger partial charge in [-0.15, -0.1) is 0 Å². The Morgan fingerprint density at radius 3 is 2.42 bits per heavy atom. The third-order valence-electron chi connectivity index (χ3n) is 4.80. The summed E-state index contributed by atoms with van der Waals surface area (Å²) < 4.78 is 5.84. The molecule has 2 heterocycles. The molecule has 0 aliphatic carbocycles. The summed E-state index contributed by atoms with van der Waals surface area (Å²) in [6.07, 6.45) is 0. The Balaban J connectivity index is 1.44. The summed E-state index contributed by atoms with van der Waals surface area (Å²) in [5.41, 5.74) is 2.52. The second kappa shape index (κ2) is 9.03. The topological polar surface area (TPSA) is 124 Å². The van der Waals surface area contributed by atoms with Crippen LogP contribution >= 0.6 is 0 Å². The van der Waals surface area contributed by atoms with Gasteiger partial charge in [0.05, 0.1) is 17.1 Å². The number of nitrogens with one attached hydrogen (secondary N) is 3. The molecule has 0 bridgehead atoms. The van der Waals surface area contributed by atoms with E-state index in [1.165, 1.54) is 0 Å². The summed E-state index contributed by atoms with van der Waals surface area (Å²) in [5, 5.41) is 23.5. The number of para-hydroxylation sites is 1. The number of benzene rings is 3. The fraction of sp³-hybridized carbons (Fsp3) is 0.0417. The van der Waals surface area contributed by atoms with Gasteiger partial charge in [0, 0.05) is 11.9 Å². The molecule has 3 N–H and O–H groups in total. The molecule has 0 saturated heterocycles. The number of fused-ring (bicyclic) bond motifs is 1. The standard InChI is InChI=1S/C24H18N8O/c25-14-16-10-12-18(13-11-16)33-24-29-22(26-15-17-6-2-1-3-7-17)28-23(30-24)27-21-19-8-4-5-9-20(19)31-32-21/h1-13H,15H2,(H3,26,27,28,29,30,31,32). The van der Waals surface area contributed by atoms with Crippen molar-refractivity contribution in [2.45, 2.75) is 6.54 Å². The SMILES string of the molecule is N#Cc1ccc(Oc2nc(NCc3ccccc3)nc(Nc3n[nH]c4ccccc34)n2)cc1. The fourth-order valence-corrected chi connectivity index (χ4v) is 3.18. The maximum absolute atomic E-state index is 8.99. The number of aromatic nitrogens is 5. The van der Waals surface area contributed by atoms with Gasteiger partial charge in [-0.05, 0) is 42.0 Å². The van der Waals surface area contributed by atoms with Gasteiger partial charge in [0.25, 0.3) is 0 Å². The van der Waals surface area contributed by atoms with Crippen molar-refractivity contribution in [3.05, 3.63) is 90.0 Å². The Kier molecular flexibility index (Phi) is 5.46. The highest BCUT2D eigenvalue weighted by Crippen LogP contribution is 2.25. The van der Waals surface area contributed by atoms with Gasteiger partial charge in [0.1, 0.15) is 5.75 Å². The number of H-pyrrole nitrogens is 1. The second-order valence-electron chi connectivity index (χ2n) is 7.09. The van der Waals surface area contributed by atoms with Gasteiger partial charge in [0.2, 0.25) is 11.9 Å². The van der Waals surface area contributed by atoms with E-state index in [0.29, 0.717) is 29.6 Å². The van der Waals surface area contributed by atoms with Crippen LogP contribution < -0.4 is 15.4 Å². The zero-order chi connectivity index (χ0) is 22.5. The lowest BCUT2D eigenvalue weighted by atomic mass is 10.2. The van der Waals surface area contributed by atoms with E-state index in [0.717, 1.165) is 16.5 Å². The van der Waals surface area contributed by atoms with Gasteiger partial charge in [-0.25, -0.2) is 0 Å². The van der Waals surface area contributed by atoms with Gasteiger partial charge >= 0.3 is 6.01 Å². The maximum Gasteiger partial charge on any atom is 0.328 e.